The molecule has 4 rings (SSSR count). The molecule has 0 saturated carbocycles. The van der Waals surface area contributed by atoms with Crippen molar-refractivity contribution < 1.29 is 14.2 Å². The van der Waals surface area contributed by atoms with Crippen molar-refractivity contribution in [3.05, 3.63) is 99.0 Å². The number of ether oxygens (including phenoxy) is 1. The molecule has 4 aromatic rings. The molecule has 1 N–H and O–H groups in total. The molecule has 158 valence electrons. The number of halogens is 2. The zero-order chi connectivity index (χ0) is 21.8. The molecule has 7 heteroatoms. The van der Waals surface area contributed by atoms with Gasteiger partial charge in [0.05, 0.1) is 36.9 Å². The van der Waals surface area contributed by atoms with Crippen LogP contribution in [0.4, 0.5) is 4.39 Å². The lowest BCUT2D eigenvalue weighted by molar-refractivity contribution is 0.0173. The fraction of sp³-hybridized carbons (Fsp3) is 0.167. The van der Waals surface area contributed by atoms with Crippen LogP contribution >= 0.6 is 15.9 Å². The molecule has 0 fully saturated rings. The van der Waals surface area contributed by atoms with Gasteiger partial charge in [0.1, 0.15) is 5.82 Å². The SMILES string of the molecule is O=c1c2ccccc2c(-c2ccc(Br)cc2)nn1CC(O)COCc1ccccc1F. The highest BCUT2D eigenvalue weighted by molar-refractivity contribution is 9.10. The zero-order valence-electron chi connectivity index (χ0n) is 16.5. The maximum atomic E-state index is 13.7. The molecular weight excluding hydrogens is 463 g/mol. The van der Waals surface area contributed by atoms with Crippen molar-refractivity contribution in [2.45, 2.75) is 19.3 Å². The van der Waals surface area contributed by atoms with Crippen LogP contribution in [0.2, 0.25) is 0 Å². The average molecular weight is 483 g/mol. The predicted octanol–water partition coefficient (Wildman–Crippen LogP) is 4.54. The number of aromatic nitrogens is 2. The molecule has 0 bridgehead atoms. The van der Waals surface area contributed by atoms with Gasteiger partial charge in [0.15, 0.2) is 0 Å². The molecule has 31 heavy (non-hydrogen) atoms. The Hall–Kier alpha value is -2.87. The maximum absolute atomic E-state index is 13.7. The van der Waals surface area contributed by atoms with Gasteiger partial charge >= 0.3 is 0 Å². The summed E-state index contributed by atoms with van der Waals surface area (Å²) in [6.45, 7) is -0.0543. The van der Waals surface area contributed by atoms with Crippen LogP contribution in [0.15, 0.2) is 82.1 Å². The van der Waals surface area contributed by atoms with Gasteiger partial charge in [-0.3, -0.25) is 4.79 Å². The molecule has 1 heterocycles. The van der Waals surface area contributed by atoms with E-state index in [1.165, 1.54) is 10.7 Å². The third kappa shape index (κ3) is 4.90. The molecule has 0 radical (unpaired) electrons. The molecular formula is C24H20BrFN2O3. The third-order valence-corrected chi connectivity index (χ3v) is 5.42. The monoisotopic (exact) mass is 482 g/mol. The number of aliphatic hydroxyl groups is 1. The van der Waals surface area contributed by atoms with E-state index in [1.807, 2.05) is 36.4 Å². The van der Waals surface area contributed by atoms with Crippen molar-refractivity contribution in [3.8, 4) is 11.3 Å². The Balaban J connectivity index is 1.57. The topological polar surface area (TPSA) is 64.4 Å². The summed E-state index contributed by atoms with van der Waals surface area (Å²) in [7, 11) is 0. The lowest BCUT2D eigenvalue weighted by Gasteiger charge is -2.15. The van der Waals surface area contributed by atoms with Gasteiger partial charge < -0.3 is 9.84 Å². The number of nitrogens with zero attached hydrogens (tertiary/aromatic N) is 2. The first-order chi connectivity index (χ1) is 15.0. The lowest BCUT2D eigenvalue weighted by Crippen LogP contribution is -2.31. The van der Waals surface area contributed by atoms with Gasteiger partial charge in [0.25, 0.3) is 5.56 Å². The van der Waals surface area contributed by atoms with Gasteiger partial charge in [0, 0.05) is 21.0 Å². The molecule has 1 atom stereocenters. The minimum absolute atomic E-state index is 0.0356. The van der Waals surface area contributed by atoms with Gasteiger partial charge in [-0.1, -0.05) is 64.5 Å². The lowest BCUT2D eigenvalue weighted by atomic mass is 10.1. The molecule has 0 saturated heterocycles. The van der Waals surface area contributed by atoms with Crippen LogP contribution in [0.5, 0.6) is 0 Å². The third-order valence-electron chi connectivity index (χ3n) is 4.89. The summed E-state index contributed by atoms with van der Waals surface area (Å²) in [4.78, 5) is 12.9. The van der Waals surface area contributed by atoms with Crippen molar-refractivity contribution in [1.29, 1.82) is 0 Å². The first-order valence-electron chi connectivity index (χ1n) is 9.78. The predicted molar refractivity (Wildman–Crippen MR) is 121 cm³/mol. The van der Waals surface area contributed by atoms with E-state index in [-0.39, 0.29) is 31.1 Å². The van der Waals surface area contributed by atoms with Crippen LogP contribution in [0, 0.1) is 5.82 Å². The largest absolute Gasteiger partial charge is 0.389 e. The molecule has 1 aromatic heterocycles. The Morgan fingerprint density at radius 3 is 2.42 bits per heavy atom. The van der Waals surface area contributed by atoms with Crippen molar-refractivity contribution in [2.24, 2.45) is 0 Å². The van der Waals surface area contributed by atoms with E-state index in [4.69, 9.17) is 4.74 Å². The maximum Gasteiger partial charge on any atom is 0.274 e. The summed E-state index contributed by atoms with van der Waals surface area (Å²) in [5.41, 5.74) is 1.64. The Bertz CT molecular complexity index is 1260. The van der Waals surface area contributed by atoms with E-state index < -0.39 is 6.10 Å². The summed E-state index contributed by atoms with van der Waals surface area (Å²) < 4.78 is 21.3. The number of benzene rings is 3. The van der Waals surface area contributed by atoms with E-state index in [2.05, 4.69) is 21.0 Å². The first kappa shape index (κ1) is 21.4. The molecule has 0 aliphatic heterocycles. The summed E-state index contributed by atoms with van der Waals surface area (Å²) in [5, 5.41) is 16.2. The summed E-state index contributed by atoms with van der Waals surface area (Å²) in [6, 6.07) is 21.2. The van der Waals surface area contributed by atoms with Gasteiger partial charge in [-0.25, -0.2) is 9.07 Å². The van der Waals surface area contributed by atoms with Crippen molar-refractivity contribution in [1.82, 2.24) is 9.78 Å². The number of hydrogen-bond acceptors (Lipinski definition) is 4. The van der Waals surface area contributed by atoms with E-state index in [9.17, 15) is 14.3 Å². The van der Waals surface area contributed by atoms with Crippen LogP contribution < -0.4 is 5.56 Å². The minimum Gasteiger partial charge on any atom is -0.389 e. The number of fused-ring (bicyclic) bond motifs is 1. The standard InChI is InChI=1S/C24H20BrFN2O3/c25-18-11-9-16(10-12-18)23-20-6-2-3-7-21(20)24(30)28(27-23)13-19(29)15-31-14-17-5-1-4-8-22(17)26/h1-12,19,29H,13-15H2. The second kappa shape index (κ2) is 9.51. The van der Waals surface area contributed by atoms with Crippen LogP contribution in [-0.2, 0) is 17.9 Å². The van der Waals surface area contributed by atoms with Gasteiger partial charge in [-0.2, -0.15) is 5.10 Å². The summed E-state index contributed by atoms with van der Waals surface area (Å²) >= 11 is 3.43. The van der Waals surface area contributed by atoms with Crippen molar-refractivity contribution >= 4 is 26.7 Å². The number of aliphatic hydroxyl groups excluding tert-OH is 1. The van der Waals surface area contributed by atoms with Crippen molar-refractivity contribution in [2.75, 3.05) is 6.61 Å². The number of hydrogen-bond donors (Lipinski definition) is 1. The Kier molecular flexibility index (Phi) is 6.56. The van der Waals surface area contributed by atoms with Crippen LogP contribution in [-0.4, -0.2) is 27.6 Å². The molecule has 3 aromatic carbocycles. The zero-order valence-corrected chi connectivity index (χ0v) is 18.1. The van der Waals surface area contributed by atoms with E-state index in [1.54, 1.807) is 30.3 Å². The fourth-order valence-corrected chi connectivity index (χ4v) is 3.62. The Morgan fingerprint density at radius 1 is 1.00 bits per heavy atom. The average Bonchev–Trinajstić information content (AvgIpc) is 2.78. The van der Waals surface area contributed by atoms with Gasteiger partial charge in [-0.15, -0.1) is 0 Å². The highest BCUT2D eigenvalue weighted by Crippen LogP contribution is 2.26. The fourth-order valence-electron chi connectivity index (χ4n) is 3.35. The quantitative estimate of drug-likeness (QED) is 0.419. The van der Waals surface area contributed by atoms with E-state index in [0.29, 0.717) is 16.6 Å². The minimum atomic E-state index is -0.976. The molecule has 0 aliphatic rings. The summed E-state index contributed by atoms with van der Waals surface area (Å²) in [5.74, 6) is -0.358. The van der Waals surface area contributed by atoms with Crippen LogP contribution in [0.3, 0.4) is 0 Å². The smallest absolute Gasteiger partial charge is 0.274 e. The first-order valence-corrected chi connectivity index (χ1v) is 10.6. The second-order valence-electron chi connectivity index (χ2n) is 7.15. The Labute approximate surface area is 186 Å². The molecule has 1 unspecified atom stereocenters. The molecule has 5 nitrogen and oxygen atoms in total. The highest BCUT2D eigenvalue weighted by atomic mass is 79.9. The Morgan fingerprint density at radius 2 is 1.68 bits per heavy atom. The van der Waals surface area contributed by atoms with Crippen molar-refractivity contribution in [3.63, 3.8) is 0 Å². The van der Waals surface area contributed by atoms with Gasteiger partial charge in [-0.05, 0) is 24.3 Å². The van der Waals surface area contributed by atoms with E-state index >= 15 is 0 Å². The van der Waals surface area contributed by atoms with Crippen LogP contribution in [0.1, 0.15) is 5.56 Å². The number of rotatable bonds is 7. The van der Waals surface area contributed by atoms with Crippen LogP contribution in [0.25, 0.3) is 22.0 Å². The molecule has 0 aliphatic carbocycles. The normalized spacial score (nSPS) is 12.2. The van der Waals surface area contributed by atoms with Gasteiger partial charge in [0.2, 0.25) is 0 Å². The molecule has 0 amide bonds. The second-order valence-corrected chi connectivity index (χ2v) is 8.06. The molecule has 0 spiro atoms. The van der Waals surface area contributed by atoms with E-state index in [0.717, 1.165) is 15.4 Å². The summed E-state index contributed by atoms with van der Waals surface area (Å²) in [6.07, 6.45) is -0.976. The highest BCUT2D eigenvalue weighted by Gasteiger charge is 2.15.